The molecule has 0 amide bonds. The zero-order valence-corrected chi connectivity index (χ0v) is 17.8. The van der Waals surface area contributed by atoms with Crippen molar-refractivity contribution in [2.75, 3.05) is 10.0 Å². The lowest BCUT2D eigenvalue weighted by atomic mass is 10.2. The van der Waals surface area contributed by atoms with Crippen molar-refractivity contribution in [1.29, 1.82) is 0 Å². The van der Waals surface area contributed by atoms with Gasteiger partial charge in [-0.25, -0.2) is 18.4 Å². The van der Waals surface area contributed by atoms with Gasteiger partial charge in [-0.2, -0.15) is 0 Å². The number of aromatic nitrogens is 2. The summed E-state index contributed by atoms with van der Waals surface area (Å²) in [7, 11) is -3.83. The average molecular weight is 469 g/mol. The van der Waals surface area contributed by atoms with Crippen LogP contribution in [0, 0.1) is 6.92 Å². The van der Waals surface area contributed by atoms with Crippen molar-refractivity contribution < 1.29 is 8.42 Å². The minimum Gasteiger partial charge on any atom is -0.336 e. The normalized spacial score (nSPS) is 11.4. The molecule has 0 saturated carbocycles. The first kappa shape index (κ1) is 19.4. The summed E-state index contributed by atoms with van der Waals surface area (Å²) in [5.74, 6) is 0.436. The first-order valence-corrected chi connectivity index (χ1v) is 11.1. The molecule has 4 aromatic rings. The van der Waals surface area contributed by atoms with Gasteiger partial charge in [0.25, 0.3) is 10.0 Å². The molecule has 0 unspecified atom stereocenters. The number of anilines is 3. The van der Waals surface area contributed by atoms with Gasteiger partial charge >= 0.3 is 0 Å². The highest BCUT2D eigenvalue weighted by Gasteiger charge is 2.19. The van der Waals surface area contributed by atoms with Crippen LogP contribution in [0.3, 0.4) is 0 Å². The molecule has 0 radical (unpaired) electrons. The summed E-state index contributed by atoms with van der Waals surface area (Å²) in [6.07, 6.45) is 0. The number of nitrogens with zero attached hydrogens (tertiary/aromatic N) is 2. The van der Waals surface area contributed by atoms with Crippen molar-refractivity contribution in [1.82, 2.24) is 9.97 Å². The second kappa shape index (κ2) is 7.81. The fourth-order valence-electron chi connectivity index (χ4n) is 2.75. The molecular formula is C21H17BrN4O2S. The molecule has 29 heavy (non-hydrogen) atoms. The van der Waals surface area contributed by atoms with Gasteiger partial charge in [-0.05, 0) is 59.3 Å². The molecule has 0 saturated heterocycles. The van der Waals surface area contributed by atoms with E-state index in [-0.39, 0.29) is 10.7 Å². The second-order valence-electron chi connectivity index (χ2n) is 6.43. The summed E-state index contributed by atoms with van der Waals surface area (Å²) in [4.78, 5) is 9.24. The summed E-state index contributed by atoms with van der Waals surface area (Å²) in [6, 6.07) is 21.4. The molecule has 0 bridgehead atoms. The van der Waals surface area contributed by atoms with E-state index in [1.165, 1.54) is 0 Å². The Labute approximate surface area is 177 Å². The van der Waals surface area contributed by atoms with Gasteiger partial charge in [-0.3, -0.25) is 4.72 Å². The fraction of sp³-hybridized carbons (Fsp3) is 0.0476. The number of rotatable bonds is 5. The number of sulfonamides is 1. The van der Waals surface area contributed by atoms with Crippen LogP contribution in [-0.4, -0.2) is 18.4 Å². The third-order valence-corrected chi connectivity index (χ3v) is 6.31. The molecule has 0 aliphatic heterocycles. The Morgan fingerprint density at radius 1 is 0.793 bits per heavy atom. The summed E-state index contributed by atoms with van der Waals surface area (Å²) in [5, 5.41) is 3.17. The number of hydrogen-bond donors (Lipinski definition) is 2. The zero-order chi connectivity index (χ0) is 20.4. The van der Waals surface area contributed by atoms with E-state index in [0.29, 0.717) is 16.9 Å². The molecule has 6 nitrogen and oxygen atoms in total. The Bertz CT molecular complexity index is 1290. The van der Waals surface area contributed by atoms with E-state index in [9.17, 15) is 8.42 Å². The van der Waals surface area contributed by atoms with Gasteiger partial charge in [-0.15, -0.1) is 0 Å². The molecular weight excluding hydrogens is 452 g/mol. The highest BCUT2D eigenvalue weighted by atomic mass is 79.9. The smallest absolute Gasteiger partial charge is 0.263 e. The largest absolute Gasteiger partial charge is 0.336 e. The maximum absolute atomic E-state index is 12.9. The van der Waals surface area contributed by atoms with Gasteiger partial charge < -0.3 is 5.32 Å². The Hall–Kier alpha value is -2.97. The molecule has 8 heteroatoms. The van der Waals surface area contributed by atoms with Crippen LogP contribution in [0.15, 0.2) is 82.2 Å². The maximum atomic E-state index is 12.9. The molecule has 1 aromatic heterocycles. The highest BCUT2D eigenvalue weighted by molar-refractivity contribution is 9.10. The van der Waals surface area contributed by atoms with Gasteiger partial charge in [0.05, 0.1) is 21.6 Å². The SMILES string of the molecule is Cc1ccc(S(=O)(=O)Nc2nc3ccccc3nc2Nc2ccccc2Br)cc1. The van der Waals surface area contributed by atoms with Gasteiger partial charge in [0.1, 0.15) is 0 Å². The van der Waals surface area contributed by atoms with Gasteiger partial charge in [0, 0.05) is 4.47 Å². The maximum Gasteiger partial charge on any atom is 0.263 e. The first-order chi connectivity index (χ1) is 13.9. The van der Waals surface area contributed by atoms with Crippen molar-refractivity contribution in [2.24, 2.45) is 0 Å². The molecule has 1 heterocycles. The number of fused-ring (bicyclic) bond motifs is 1. The first-order valence-electron chi connectivity index (χ1n) is 8.80. The molecule has 0 aliphatic carbocycles. The van der Waals surface area contributed by atoms with Gasteiger partial charge in [-0.1, -0.05) is 42.0 Å². The molecule has 0 atom stereocenters. The van der Waals surface area contributed by atoms with Crippen LogP contribution >= 0.6 is 15.9 Å². The Balaban J connectivity index is 1.79. The summed E-state index contributed by atoms with van der Waals surface area (Å²) in [5.41, 5.74) is 2.96. The van der Waals surface area contributed by atoms with Gasteiger partial charge in [0.2, 0.25) is 0 Å². The standard InChI is InChI=1S/C21H17BrN4O2S/c1-14-10-12-15(13-11-14)29(27,28)26-21-20(23-17-7-3-2-6-16(17)22)24-18-8-4-5-9-19(18)25-21/h2-13H,1H3,(H,23,24)(H,25,26). The third-order valence-electron chi connectivity index (χ3n) is 4.26. The number of hydrogen-bond acceptors (Lipinski definition) is 5. The minimum atomic E-state index is -3.83. The van der Waals surface area contributed by atoms with Crippen molar-refractivity contribution >= 4 is 54.3 Å². The predicted octanol–water partition coefficient (Wildman–Crippen LogP) is 5.25. The van der Waals surface area contributed by atoms with Crippen molar-refractivity contribution in [3.63, 3.8) is 0 Å². The molecule has 0 fully saturated rings. The quantitative estimate of drug-likeness (QED) is 0.418. The van der Waals surface area contributed by atoms with Crippen LogP contribution < -0.4 is 10.0 Å². The van der Waals surface area contributed by atoms with E-state index in [4.69, 9.17) is 0 Å². The monoisotopic (exact) mass is 468 g/mol. The second-order valence-corrected chi connectivity index (χ2v) is 8.97. The predicted molar refractivity (Wildman–Crippen MR) is 119 cm³/mol. The van der Waals surface area contributed by atoms with Crippen LogP contribution in [-0.2, 0) is 10.0 Å². The number of nitrogens with one attached hydrogen (secondary N) is 2. The van der Waals surface area contributed by atoms with Crippen molar-refractivity contribution in [3.8, 4) is 0 Å². The fourth-order valence-corrected chi connectivity index (χ4v) is 4.15. The van der Waals surface area contributed by atoms with Crippen LogP contribution in [0.1, 0.15) is 5.56 Å². The number of aryl methyl sites for hydroxylation is 1. The Morgan fingerprint density at radius 3 is 2.03 bits per heavy atom. The molecule has 0 aliphatic rings. The summed E-state index contributed by atoms with van der Waals surface area (Å²) < 4.78 is 29.2. The molecule has 4 rings (SSSR count). The van der Waals surface area contributed by atoms with Crippen LogP contribution in [0.2, 0.25) is 0 Å². The van der Waals surface area contributed by atoms with Crippen LogP contribution in [0.4, 0.5) is 17.3 Å². The van der Waals surface area contributed by atoms with E-state index < -0.39 is 10.0 Å². The van der Waals surface area contributed by atoms with E-state index in [1.807, 2.05) is 49.4 Å². The van der Waals surface area contributed by atoms with Crippen molar-refractivity contribution in [2.45, 2.75) is 11.8 Å². The molecule has 0 spiro atoms. The highest BCUT2D eigenvalue weighted by Crippen LogP contribution is 2.30. The van der Waals surface area contributed by atoms with E-state index in [0.717, 1.165) is 15.7 Å². The zero-order valence-electron chi connectivity index (χ0n) is 15.4. The lowest BCUT2D eigenvalue weighted by Crippen LogP contribution is -2.16. The molecule has 146 valence electrons. The molecule has 2 N–H and O–H groups in total. The van der Waals surface area contributed by atoms with E-state index in [1.54, 1.807) is 30.3 Å². The topological polar surface area (TPSA) is 84.0 Å². The average Bonchev–Trinajstić information content (AvgIpc) is 2.70. The number of halogens is 1. The van der Waals surface area contributed by atoms with E-state index in [2.05, 4.69) is 35.9 Å². The van der Waals surface area contributed by atoms with Gasteiger partial charge in [0.15, 0.2) is 11.6 Å². The van der Waals surface area contributed by atoms with Crippen LogP contribution in [0.25, 0.3) is 11.0 Å². The lowest BCUT2D eigenvalue weighted by Gasteiger charge is -2.14. The number of para-hydroxylation sites is 3. The van der Waals surface area contributed by atoms with Crippen LogP contribution in [0.5, 0.6) is 0 Å². The summed E-state index contributed by atoms with van der Waals surface area (Å²) in [6.45, 7) is 1.90. The molecule has 3 aromatic carbocycles. The minimum absolute atomic E-state index is 0.125. The summed E-state index contributed by atoms with van der Waals surface area (Å²) >= 11 is 3.48. The van der Waals surface area contributed by atoms with E-state index >= 15 is 0 Å². The number of benzene rings is 3. The van der Waals surface area contributed by atoms with Crippen molar-refractivity contribution in [3.05, 3.63) is 82.8 Å². The third kappa shape index (κ3) is 4.23. The lowest BCUT2D eigenvalue weighted by molar-refractivity contribution is 0.601. The Kier molecular flexibility index (Phi) is 5.21. The Morgan fingerprint density at radius 2 is 1.38 bits per heavy atom.